The first-order chi connectivity index (χ1) is 10.8. The molecule has 0 aliphatic carbocycles. The standard InChI is InChI=1S/C14H11I2NO5S/c1-2-22-11(18)6-17-13(20)10(23-14(17)21)5-7-3-8(15)12(19)9(16)4-7/h3-5,19H,2,6H2,1H3/b10-5-. The molecule has 2 rings (SSSR count). The number of ether oxygens (including phenoxy) is 1. The molecule has 9 heteroatoms. The molecule has 23 heavy (non-hydrogen) atoms. The molecule has 0 bridgehead atoms. The molecule has 0 unspecified atom stereocenters. The lowest BCUT2D eigenvalue weighted by Crippen LogP contribution is -2.34. The Morgan fingerprint density at radius 2 is 1.96 bits per heavy atom. The zero-order valence-corrected chi connectivity index (χ0v) is 17.0. The molecule has 1 aliphatic rings. The third-order valence-corrected chi connectivity index (χ3v) is 5.36. The molecule has 0 spiro atoms. The minimum atomic E-state index is -0.621. The number of esters is 1. The van der Waals surface area contributed by atoms with Crippen molar-refractivity contribution in [3.05, 3.63) is 29.7 Å². The molecule has 1 saturated heterocycles. The number of halogens is 2. The number of rotatable bonds is 4. The van der Waals surface area contributed by atoms with Crippen LogP contribution in [0.3, 0.4) is 0 Å². The molecule has 1 heterocycles. The van der Waals surface area contributed by atoms with Gasteiger partial charge >= 0.3 is 5.97 Å². The minimum absolute atomic E-state index is 0.179. The van der Waals surface area contributed by atoms with Crippen LogP contribution in [0, 0.1) is 7.14 Å². The van der Waals surface area contributed by atoms with Gasteiger partial charge in [0.1, 0.15) is 12.3 Å². The number of nitrogens with zero attached hydrogens (tertiary/aromatic N) is 1. The molecular weight excluding hydrogens is 548 g/mol. The topological polar surface area (TPSA) is 83.9 Å². The van der Waals surface area contributed by atoms with Crippen molar-refractivity contribution < 1.29 is 24.2 Å². The normalized spacial score (nSPS) is 16.3. The summed E-state index contributed by atoms with van der Waals surface area (Å²) in [6, 6.07) is 3.41. The number of aromatic hydroxyl groups is 1. The fraction of sp³-hybridized carbons (Fsp3) is 0.214. The van der Waals surface area contributed by atoms with Gasteiger partial charge in [-0.2, -0.15) is 0 Å². The third kappa shape index (κ3) is 4.38. The van der Waals surface area contributed by atoms with Gasteiger partial charge in [0, 0.05) is 0 Å². The average Bonchev–Trinajstić information content (AvgIpc) is 2.72. The second kappa shape index (κ2) is 7.83. The molecule has 1 fully saturated rings. The summed E-state index contributed by atoms with van der Waals surface area (Å²) in [5.41, 5.74) is 0.693. The fourth-order valence-corrected chi connectivity index (χ4v) is 4.45. The van der Waals surface area contributed by atoms with E-state index >= 15 is 0 Å². The molecule has 1 aliphatic heterocycles. The summed E-state index contributed by atoms with van der Waals surface area (Å²) < 4.78 is 6.04. The van der Waals surface area contributed by atoms with Crippen LogP contribution in [0.4, 0.5) is 4.79 Å². The van der Waals surface area contributed by atoms with E-state index < -0.39 is 17.1 Å². The van der Waals surface area contributed by atoms with Crippen molar-refractivity contribution in [1.29, 1.82) is 0 Å². The maximum absolute atomic E-state index is 12.3. The molecule has 122 valence electrons. The lowest BCUT2D eigenvalue weighted by Gasteiger charge is -2.10. The van der Waals surface area contributed by atoms with E-state index in [1.807, 2.05) is 45.2 Å². The number of hydrogen-bond donors (Lipinski definition) is 1. The van der Waals surface area contributed by atoms with Crippen LogP contribution < -0.4 is 0 Å². The van der Waals surface area contributed by atoms with E-state index in [1.54, 1.807) is 25.1 Å². The maximum Gasteiger partial charge on any atom is 0.326 e. The summed E-state index contributed by atoms with van der Waals surface area (Å²) in [6.45, 7) is 1.45. The van der Waals surface area contributed by atoms with Gasteiger partial charge in [-0.25, -0.2) is 0 Å². The summed E-state index contributed by atoms with van der Waals surface area (Å²) in [5, 5.41) is 9.25. The molecule has 6 nitrogen and oxygen atoms in total. The molecule has 0 atom stereocenters. The van der Waals surface area contributed by atoms with E-state index in [0.29, 0.717) is 12.7 Å². The highest BCUT2D eigenvalue weighted by molar-refractivity contribution is 14.1. The molecule has 1 aromatic rings. The van der Waals surface area contributed by atoms with Gasteiger partial charge in [-0.3, -0.25) is 19.3 Å². The Bertz CT molecular complexity index is 696. The average molecular weight is 559 g/mol. The van der Waals surface area contributed by atoms with Gasteiger partial charge in [0.15, 0.2) is 0 Å². The van der Waals surface area contributed by atoms with Crippen molar-refractivity contribution in [3.63, 3.8) is 0 Å². The molecular formula is C14H11I2NO5S. The van der Waals surface area contributed by atoms with Gasteiger partial charge in [0.25, 0.3) is 11.1 Å². The molecule has 0 saturated carbocycles. The van der Waals surface area contributed by atoms with Crippen molar-refractivity contribution in [2.45, 2.75) is 6.92 Å². The van der Waals surface area contributed by atoms with Crippen molar-refractivity contribution in [3.8, 4) is 5.75 Å². The predicted octanol–water partition coefficient (Wildman–Crippen LogP) is 3.20. The van der Waals surface area contributed by atoms with Crippen LogP contribution in [0.5, 0.6) is 5.75 Å². The van der Waals surface area contributed by atoms with Gasteiger partial charge in [0.2, 0.25) is 0 Å². The van der Waals surface area contributed by atoms with Gasteiger partial charge in [-0.1, -0.05) is 0 Å². The molecule has 1 N–H and O–H groups in total. The van der Waals surface area contributed by atoms with Crippen LogP contribution in [0.1, 0.15) is 12.5 Å². The first-order valence-corrected chi connectivity index (χ1v) is 9.40. The Morgan fingerprint density at radius 1 is 1.35 bits per heavy atom. The summed E-state index contributed by atoms with van der Waals surface area (Å²) in [6.07, 6.45) is 1.57. The van der Waals surface area contributed by atoms with Gasteiger partial charge in [-0.15, -0.1) is 0 Å². The number of carbonyl (C=O) groups excluding carboxylic acids is 3. The number of benzene rings is 1. The fourth-order valence-electron chi connectivity index (χ4n) is 1.79. The first kappa shape index (κ1) is 18.5. The quantitative estimate of drug-likeness (QED) is 0.347. The summed E-state index contributed by atoms with van der Waals surface area (Å²) in [4.78, 5) is 36.7. The molecule has 0 aromatic heterocycles. The number of hydrogen-bond acceptors (Lipinski definition) is 6. The van der Waals surface area contributed by atoms with Gasteiger partial charge in [-0.05, 0) is 87.6 Å². The zero-order chi connectivity index (χ0) is 17.1. The number of phenols is 1. The van der Waals surface area contributed by atoms with Crippen molar-refractivity contribution in [2.24, 2.45) is 0 Å². The van der Waals surface area contributed by atoms with Crippen molar-refractivity contribution >= 4 is 80.1 Å². The number of imide groups is 1. The van der Waals surface area contributed by atoms with Crippen LogP contribution in [0.15, 0.2) is 17.0 Å². The van der Waals surface area contributed by atoms with E-state index in [9.17, 15) is 19.5 Å². The van der Waals surface area contributed by atoms with Crippen LogP contribution in [-0.2, 0) is 14.3 Å². The Morgan fingerprint density at radius 3 is 2.52 bits per heavy atom. The summed E-state index contributed by atoms with van der Waals surface area (Å²) in [5.74, 6) is -0.963. The lowest BCUT2D eigenvalue weighted by molar-refractivity contribution is -0.145. The highest BCUT2D eigenvalue weighted by atomic mass is 127. The highest BCUT2D eigenvalue weighted by Crippen LogP contribution is 2.34. The minimum Gasteiger partial charge on any atom is -0.506 e. The molecule has 1 aromatic carbocycles. The van der Waals surface area contributed by atoms with E-state index in [4.69, 9.17) is 4.74 Å². The predicted molar refractivity (Wildman–Crippen MR) is 103 cm³/mol. The Balaban J connectivity index is 2.23. The van der Waals surface area contributed by atoms with Crippen molar-refractivity contribution in [1.82, 2.24) is 4.90 Å². The second-order valence-corrected chi connectivity index (χ2v) is 7.72. The van der Waals surface area contributed by atoms with Crippen LogP contribution in [-0.4, -0.2) is 40.3 Å². The SMILES string of the molecule is CCOC(=O)CN1C(=O)S/C(=C\c2cc(I)c(O)c(I)c2)C1=O. The largest absolute Gasteiger partial charge is 0.506 e. The summed E-state index contributed by atoms with van der Waals surface area (Å²) >= 11 is 4.75. The number of thioether (sulfide) groups is 1. The maximum atomic E-state index is 12.3. The highest BCUT2D eigenvalue weighted by Gasteiger charge is 2.36. The smallest absolute Gasteiger partial charge is 0.326 e. The number of phenolic OH excluding ortho intramolecular Hbond substituents is 1. The number of carbonyl (C=O) groups is 3. The van der Waals surface area contributed by atoms with E-state index in [-0.39, 0.29) is 23.8 Å². The third-order valence-electron chi connectivity index (χ3n) is 2.80. The Hall–Kier alpha value is -0.820. The van der Waals surface area contributed by atoms with Crippen molar-refractivity contribution in [2.75, 3.05) is 13.2 Å². The Kier molecular flexibility index (Phi) is 6.31. The second-order valence-electron chi connectivity index (χ2n) is 4.41. The summed E-state index contributed by atoms with van der Waals surface area (Å²) in [7, 11) is 0. The monoisotopic (exact) mass is 559 g/mol. The Labute approximate surface area is 163 Å². The molecule has 2 amide bonds. The number of amides is 2. The van der Waals surface area contributed by atoms with Crippen LogP contribution >= 0.6 is 56.9 Å². The molecule has 0 radical (unpaired) electrons. The van der Waals surface area contributed by atoms with E-state index in [0.717, 1.165) is 16.7 Å². The van der Waals surface area contributed by atoms with Gasteiger partial charge < -0.3 is 9.84 Å². The first-order valence-electron chi connectivity index (χ1n) is 6.42. The van der Waals surface area contributed by atoms with E-state index in [2.05, 4.69) is 0 Å². The zero-order valence-electron chi connectivity index (χ0n) is 11.8. The van der Waals surface area contributed by atoms with Crippen LogP contribution in [0.2, 0.25) is 0 Å². The van der Waals surface area contributed by atoms with E-state index in [1.165, 1.54) is 0 Å². The van der Waals surface area contributed by atoms with Crippen LogP contribution in [0.25, 0.3) is 6.08 Å². The van der Waals surface area contributed by atoms with Gasteiger partial charge in [0.05, 0.1) is 18.7 Å². The lowest BCUT2D eigenvalue weighted by atomic mass is 10.2.